The number of anilines is 1. The van der Waals surface area contributed by atoms with Gasteiger partial charge in [0.1, 0.15) is 12.4 Å². The van der Waals surface area contributed by atoms with Gasteiger partial charge in [0.05, 0.1) is 13.2 Å². The van der Waals surface area contributed by atoms with Crippen molar-refractivity contribution in [1.82, 2.24) is 10.3 Å². The fourth-order valence-corrected chi connectivity index (χ4v) is 2.95. The molecule has 0 unspecified atom stereocenters. The minimum Gasteiger partial charge on any atom is -0.485 e. The van der Waals surface area contributed by atoms with Crippen LogP contribution < -0.4 is 19.7 Å². The standard InChI is InChI=1S/C19H21N3O4/c23-19(17-13-25-15-3-1-2-4-16(15)26-17)21-12-14-5-6-18(20-11-14)22-7-9-24-10-8-22/h1-6,11,17H,7-10,12-13H2,(H,21,23)/t17-/m1/s1. The number of nitrogens with one attached hydrogen (secondary N) is 1. The van der Waals surface area contributed by atoms with Gasteiger partial charge in [-0.2, -0.15) is 0 Å². The largest absolute Gasteiger partial charge is 0.485 e. The summed E-state index contributed by atoms with van der Waals surface area (Å²) in [5.41, 5.74) is 0.937. The average molecular weight is 355 g/mol. The lowest BCUT2D eigenvalue weighted by Crippen LogP contribution is -2.43. The second kappa shape index (κ2) is 7.61. The van der Waals surface area contributed by atoms with Crippen LogP contribution >= 0.6 is 0 Å². The molecule has 136 valence electrons. The second-order valence-electron chi connectivity index (χ2n) is 6.21. The van der Waals surface area contributed by atoms with Crippen LogP contribution in [0.5, 0.6) is 11.5 Å². The summed E-state index contributed by atoms with van der Waals surface area (Å²) in [6, 6.07) is 11.3. The average Bonchev–Trinajstić information content (AvgIpc) is 2.72. The van der Waals surface area contributed by atoms with Crippen molar-refractivity contribution in [3.63, 3.8) is 0 Å². The highest BCUT2D eigenvalue weighted by Gasteiger charge is 2.27. The molecule has 1 amide bonds. The van der Waals surface area contributed by atoms with Crippen LogP contribution in [0.15, 0.2) is 42.6 Å². The molecule has 0 spiro atoms. The highest BCUT2D eigenvalue weighted by Crippen LogP contribution is 2.30. The van der Waals surface area contributed by atoms with Gasteiger partial charge in [-0.25, -0.2) is 4.98 Å². The van der Waals surface area contributed by atoms with E-state index in [0.29, 0.717) is 18.0 Å². The molecule has 0 bridgehead atoms. The van der Waals surface area contributed by atoms with Crippen molar-refractivity contribution >= 4 is 11.7 Å². The van der Waals surface area contributed by atoms with Gasteiger partial charge in [0.15, 0.2) is 11.5 Å². The molecule has 2 aliphatic heterocycles. The maximum Gasteiger partial charge on any atom is 0.264 e. The number of amides is 1. The van der Waals surface area contributed by atoms with E-state index >= 15 is 0 Å². The predicted molar refractivity (Wildman–Crippen MR) is 95.5 cm³/mol. The minimum absolute atomic E-state index is 0.197. The monoisotopic (exact) mass is 355 g/mol. The van der Waals surface area contributed by atoms with Gasteiger partial charge in [-0.3, -0.25) is 4.79 Å². The van der Waals surface area contributed by atoms with Crippen molar-refractivity contribution in [3.05, 3.63) is 48.2 Å². The first-order valence-electron chi connectivity index (χ1n) is 8.73. The van der Waals surface area contributed by atoms with E-state index in [2.05, 4.69) is 15.2 Å². The number of ether oxygens (including phenoxy) is 3. The molecular weight excluding hydrogens is 334 g/mol. The zero-order valence-corrected chi connectivity index (χ0v) is 14.4. The van der Waals surface area contributed by atoms with Crippen molar-refractivity contribution in [2.24, 2.45) is 0 Å². The zero-order valence-electron chi connectivity index (χ0n) is 14.4. The van der Waals surface area contributed by atoms with Gasteiger partial charge in [0.2, 0.25) is 6.10 Å². The molecule has 1 fully saturated rings. The number of carbonyl (C=O) groups is 1. The van der Waals surface area contributed by atoms with Crippen molar-refractivity contribution in [1.29, 1.82) is 0 Å². The fourth-order valence-electron chi connectivity index (χ4n) is 2.95. The van der Waals surface area contributed by atoms with Gasteiger partial charge in [0, 0.05) is 25.8 Å². The van der Waals surface area contributed by atoms with Crippen LogP contribution in [-0.2, 0) is 16.1 Å². The normalized spacial score (nSPS) is 19.1. The third kappa shape index (κ3) is 3.72. The van der Waals surface area contributed by atoms with Crippen LogP contribution in [-0.4, -0.2) is 49.9 Å². The van der Waals surface area contributed by atoms with Crippen LogP contribution in [0.3, 0.4) is 0 Å². The molecule has 4 rings (SSSR count). The van der Waals surface area contributed by atoms with E-state index in [1.54, 1.807) is 12.3 Å². The Kier molecular flexibility index (Phi) is 4.88. The zero-order chi connectivity index (χ0) is 17.8. The van der Waals surface area contributed by atoms with Crippen LogP contribution in [0.2, 0.25) is 0 Å². The molecule has 7 heteroatoms. The molecule has 1 N–H and O–H groups in total. The van der Waals surface area contributed by atoms with Gasteiger partial charge >= 0.3 is 0 Å². The molecule has 1 aromatic carbocycles. The number of pyridine rings is 1. The smallest absolute Gasteiger partial charge is 0.264 e. The summed E-state index contributed by atoms with van der Waals surface area (Å²) >= 11 is 0. The quantitative estimate of drug-likeness (QED) is 0.893. The first-order chi connectivity index (χ1) is 12.8. The molecule has 1 atom stereocenters. The molecule has 1 saturated heterocycles. The van der Waals surface area contributed by atoms with Crippen LogP contribution in [0.4, 0.5) is 5.82 Å². The number of hydrogen-bond acceptors (Lipinski definition) is 6. The third-order valence-corrected chi connectivity index (χ3v) is 4.41. The lowest BCUT2D eigenvalue weighted by atomic mass is 10.2. The molecule has 2 aromatic rings. The van der Waals surface area contributed by atoms with E-state index < -0.39 is 6.10 Å². The van der Waals surface area contributed by atoms with Gasteiger partial charge in [0.25, 0.3) is 5.91 Å². The highest BCUT2D eigenvalue weighted by molar-refractivity contribution is 5.81. The molecule has 0 radical (unpaired) electrons. The summed E-state index contributed by atoms with van der Waals surface area (Å²) in [5.74, 6) is 2.00. The number of rotatable bonds is 4. The molecular formula is C19H21N3O4. The van der Waals surface area contributed by atoms with Crippen molar-refractivity contribution in [2.75, 3.05) is 37.8 Å². The highest BCUT2D eigenvalue weighted by atomic mass is 16.6. The summed E-state index contributed by atoms with van der Waals surface area (Å²) in [4.78, 5) is 19.0. The number of benzene rings is 1. The summed E-state index contributed by atoms with van der Waals surface area (Å²) in [7, 11) is 0. The van der Waals surface area contributed by atoms with Gasteiger partial charge in [-0.05, 0) is 23.8 Å². The Morgan fingerprint density at radius 3 is 2.73 bits per heavy atom. The van der Waals surface area contributed by atoms with Gasteiger partial charge in [-0.15, -0.1) is 0 Å². The van der Waals surface area contributed by atoms with Crippen LogP contribution in [0, 0.1) is 0 Å². The number of nitrogens with zero attached hydrogens (tertiary/aromatic N) is 2. The van der Waals surface area contributed by atoms with Gasteiger partial charge in [-0.1, -0.05) is 18.2 Å². The summed E-state index contributed by atoms with van der Waals surface area (Å²) < 4.78 is 16.6. The van der Waals surface area contributed by atoms with E-state index in [0.717, 1.165) is 37.7 Å². The number of para-hydroxylation sites is 2. The Morgan fingerprint density at radius 1 is 1.15 bits per heavy atom. The van der Waals surface area contributed by atoms with E-state index in [1.807, 2.05) is 30.3 Å². The Bertz CT molecular complexity index is 760. The molecule has 0 aliphatic carbocycles. The lowest BCUT2D eigenvalue weighted by Gasteiger charge is -2.27. The molecule has 26 heavy (non-hydrogen) atoms. The van der Waals surface area contributed by atoms with Crippen molar-refractivity contribution in [2.45, 2.75) is 12.6 Å². The van der Waals surface area contributed by atoms with Gasteiger partial charge < -0.3 is 24.4 Å². The lowest BCUT2D eigenvalue weighted by molar-refractivity contribution is -0.130. The van der Waals surface area contributed by atoms with E-state index in [9.17, 15) is 4.79 Å². The van der Waals surface area contributed by atoms with Crippen LogP contribution in [0.1, 0.15) is 5.56 Å². The molecule has 7 nitrogen and oxygen atoms in total. The Hall–Kier alpha value is -2.80. The number of fused-ring (bicyclic) bond motifs is 1. The predicted octanol–water partition coefficient (Wildman–Crippen LogP) is 1.37. The minimum atomic E-state index is -0.648. The maximum atomic E-state index is 12.3. The first-order valence-corrected chi connectivity index (χ1v) is 8.73. The number of morpholine rings is 1. The van der Waals surface area contributed by atoms with E-state index in [1.165, 1.54) is 0 Å². The SMILES string of the molecule is O=C(NCc1ccc(N2CCOCC2)nc1)[C@H]1COc2ccccc2O1. The molecule has 2 aliphatic rings. The summed E-state index contributed by atoms with van der Waals surface area (Å²) in [6.07, 6.45) is 1.14. The first kappa shape index (κ1) is 16.7. The Balaban J connectivity index is 1.30. The fraction of sp³-hybridized carbons (Fsp3) is 0.368. The molecule has 0 saturated carbocycles. The second-order valence-corrected chi connectivity index (χ2v) is 6.21. The Labute approximate surface area is 151 Å². The summed E-state index contributed by atoms with van der Waals surface area (Å²) in [5, 5.41) is 2.88. The topological polar surface area (TPSA) is 72.9 Å². The third-order valence-electron chi connectivity index (χ3n) is 4.41. The Morgan fingerprint density at radius 2 is 1.96 bits per heavy atom. The van der Waals surface area contributed by atoms with Crippen LogP contribution in [0.25, 0.3) is 0 Å². The number of aromatic nitrogens is 1. The molecule has 3 heterocycles. The maximum absolute atomic E-state index is 12.3. The van der Waals surface area contributed by atoms with Crippen molar-refractivity contribution < 1.29 is 19.0 Å². The number of carbonyl (C=O) groups excluding carboxylic acids is 1. The number of hydrogen-bond donors (Lipinski definition) is 1. The molecule has 1 aromatic heterocycles. The van der Waals surface area contributed by atoms with E-state index in [-0.39, 0.29) is 12.5 Å². The summed E-state index contributed by atoms with van der Waals surface area (Å²) in [6.45, 7) is 3.76. The van der Waals surface area contributed by atoms with Crippen molar-refractivity contribution in [3.8, 4) is 11.5 Å². The van der Waals surface area contributed by atoms with E-state index in [4.69, 9.17) is 14.2 Å².